The molecular formula is C20H26ClNO4. The lowest BCUT2D eigenvalue weighted by Gasteiger charge is -2.24. The molecule has 26 heavy (non-hydrogen) atoms. The Hall–Kier alpha value is -2.01. The van der Waals surface area contributed by atoms with Gasteiger partial charge in [-0.1, -0.05) is 23.3 Å². The number of halogens is 1. The molecule has 1 amide bonds. The predicted molar refractivity (Wildman–Crippen MR) is 101 cm³/mol. The molecular weight excluding hydrogens is 354 g/mol. The van der Waals surface area contributed by atoms with Gasteiger partial charge in [0.25, 0.3) is 5.91 Å². The molecule has 0 atom stereocenters. The number of carbonyl (C=O) groups is 2. The lowest BCUT2D eigenvalue weighted by atomic mass is 9.97. The van der Waals surface area contributed by atoms with Gasteiger partial charge in [-0.05, 0) is 56.4 Å². The van der Waals surface area contributed by atoms with Crippen molar-refractivity contribution in [3.63, 3.8) is 0 Å². The van der Waals surface area contributed by atoms with Gasteiger partial charge in [-0.25, -0.2) is 0 Å². The monoisotopic (exact) mass is 379 g/mol. The minimum Gasteiger partial charge on any atom is -0.484 e. The van der Waals surface area contributed by atoms with Gasteiger partial charge in [-0.15, -0.1) is 0 Å². The van der Waals surface area contributed by atoms with E-state index >= 15 is 0 Å². The van der Waals surface area contributed by atoms with Crippen LogP contribution in [-0.2, 0) is 14.3 Å². The fourth-order valence-corrected chi connectivity index (χ4v) is 2.99. The van der Waals surface area contributed by atoms with Crippen LogP contribution in [-0.4, -0.2) is 43.6 Å². The molecule has 1 aliphatic carbocycles. The summed E-state index contributed by atoms with van der Waals surface area (Å²) in [5, 5.41) is 0.615. The molecule has 0 saturated heterocycles. The molecule has 0 bridgehead atoms. The second kappa shape index (κ2) is 10.9. The van der Waals surface area contributed by atoms with Crippen molar-refractivity contribution in [3.8, 4) is 5.75 Å². The van der Waals surface area contributed by atoms with Gasteiger partial charge in [-0.2, -0.15) is 0 Å². The Labute approximate surface area is 159 Å². The average molecular weight is 380 g/mol. The summed E-state index contributed by atoms with van der Waals surface area (Å²) in [6.07, 6.45) is 7.96. The van der Waals surface area contributed by atoms with E-state index in [1.165, 1.54) is 25.5 Å². The number of rotatable bonds is 9. The molecule has 0 saturated carbocycles. The van der Waals surface area contributed by atoms with Gasteiger partial charge in [0.15, 0.2) is 6.61 Å². The molecule has 0 aliphatic heterocycles. The first kappa shape index (κ1) is 20.3. The quantitative estimate of drug-likeness (QED) is 0.480. The van der Waals surface area contributed by atoms with Gasteiger partial charge in [0.2, 0.25) is 0 Å². The van der Waals surface area contributed by atoms with Crippen molar-refractivity contribution in [3.05, 3.63) is 40.9 Å². The van der Waals surface area contributed by atoms with E-state index in [2.05, 4.69) is 10.8 Å². The standard InChI is InChI=1S/C20H26ClNO4/c1-25-20(24)12-14-22(13-11-16-5-3-2-4-6-16)19(23)15-26-18-9-7-17(21)8-10-18/h5,7-10H,2-4,6,11-15H2,1H3. The van der Waals surface area contributed by atoms with Crippen molar-refractivity contribution in [2.24, 2.45) is 0 Å². The molecule has 0 spiro atoms. The molecule has 5 nitrogen and oxygen atoms in total. The van der Waals surface area contributed by atoms with Crippen LogP contribution >= 0.6 is 11.6 Å². The lowest BCUT2D eigenvalue weighted by molar-refractivity contribution is -0.142. The highest BCUT2D eigenvalue weighted by Crippen LogP contribution is 2.20. The largest absolute Gasteiger partial charge is 0.484 e. The number of esters is 1. The summed E-state index contributed by atoms with van der Waals surface area (Å²) < 4.78 is 10.2. The summed E-state index contributed by atoms with van der Waals surface area (Å²) in [6, 6.07) is 6.88. The zero-order valence-corrected chi connectivity index (χ0v) is 16.0. The molecule has 0 unspecified atom stereocenters. The van der Waals surface area contributed by atoms with Crippen LogP contribution in [0.5, 0.6) is 5.75 Å². The van der Waals surface area contributed by atoms with Crippen molar-refractivity contribution >= 4 is 23.5 Å². The van der Waals surface area contributed by atoms with Crippen LogP contribution in [0.2, 0.25) is 5.02 Å². The maximum atomic E-state index is 12.6. The number of hydrogen-bond donors (Lipinski definition) is 0. The summed E-state index contributed by atoms with van der Waals surface area (Å²) in [5.74, 6) is 0.129. The van der Waals surface area contributed by atoms with Gasteiger partial charge >= 0.3 is 5.97 Å². The second-order valence-electron chi connectivity index (χ2n) is 6.31. The smallest absolute Gasteiger partial charge is 0.307 e. The van der Waals surface area contributed by atoms with Crippen LogP contribution in [0, 0.1) is 0 Å². The highest BCUT2D eigenvalue weighted by atomic mass is 35.5. The minimum absolute atomic E-state index is 0.0676. The van der Waals surface area contributed by atoms with Gasteiger partial charge in [0.05, 0.1) is 13.5 Å². The van der Waals surface area contributed by atoms with Crippen LogP contribution in [0.25, 0.3) is 0 Å². The molecule has 1 aliphatic rings. The highest BCUT2D eigenvalue weighted by Gasteiger charge is 2.17. The Bertz CT molecular complexity index is 627. The highest BCUT2D eigenvalue weighted by molar-refractivity contribution is 6.30. The zero-order chi connectivity index (χ0) is 18.8. The van der Waals surface area contributed by atoms with Gasteiger partial charge < -0.3 is 14.4 Å². The molecule has 142 valence electrons. The number of amides is 1. The summed E-state index contributed by atoms with van der Waals surface area (Å²) in [6.45, 7) is 0.857. The minimum atomic E-state index is -0.321. The first-order valence-corrected chi connectivity index (χ1v) is 9.37. The fraction of sp³-hybridized carbons (Fsp3) is 0.500. The molecule has 0 aromatic heterocycles. The third kappa shape index (κ3) is 7.08. The van der Waals surface area contributed by atoms with Crippen molar-refractivity contribution < 1.29 is 19.1 Å². The van der Waals surface area contributed by atoms with E-state index in [-0.39, 0.29) is 24.9 Å². The van der Waals surface area contributed by atoms with Crippen molar-refractivity contribution in [2.45, 2.75) is 38.5 Å². The van der Waals surface area contributed by atoms with E-state index in [9.17, 15) is 9.59 Å². The third-order valence-corrected chi connectivity index (χ3v) is 4.68. The predicted octanol–water partition coefficient (Wildman–Crippen LogP) is 4.00. The maximum absolute atomic E-state index is 12.6. The zero-order valence-electron chi connectivity index (χ0n) is 15.2. The molecule has 0 N–H and O–H groups in total. The maximum Gasteiger partial charge on any atom is 0.307 e. The Kier molecular flexibility index (Phi) is 8.48. The van der Waals surface area contributed by atoms with Gasteiger partial charge in [0.1, 0.15) is 5.75 Å². The Morgan fingerprint density at radius 2 is 1.92 bits per heavy atom. The number of allylic oxidation sites excluding steroid dienone is 1. The SMILES string of the molecule is COC(=O)CCN(CCC1=CCCCC1)C(=O)COc1ccc(Cl)cc1. The molecule has 1 aromatic carbocycles. The number of ether oxygens (including phenoxy) is 2. The van der Waals surface area contributed by atoms with Gasteiger partial charge in [0, 0.05) is 18.1 Å². The van der Waals surface area contributed by atoms with Crippen LogP contribution in [0.15, 0.2) is 35.9 Å². The molecule has 0 fully saturated rings. The van der Waals surface area contributed by atoms with Crippen LogP contribution in [0.1, 0.15) is 38.5 Å². The first-order chi connectivity index (χ1) is 12.6. The Morgan fingerprint density at radius 3 is 2.58 bits per heavy atom. The van der Waals surface area contributed by atoms with Crippen molar-refractivity contribution in [1.29, 1.82) is 0 Å². The molecule has 2 rings (SSSR count). The van der Waals surface area contributed by atoms with E-state index < -0.39 is 0 Å². The molecule has 0 heterocycles. The van der Waals surface area contributed by atoms with E-state index in [1.54, 1.807) is 29.2 Å². The van der Waals surface area contributed by atoms with Crippen LogP contribution in [0.4, 0.5) is 0 Å². The number of hydrogen-bond acceptors (Lipinski definition) is 4. The summed E-state index contributed by atoms with van der Waals surface area (Å²) in [5.41, 5.74) is 1.39. The van der Waals surface area contributed by atoms with Crippen molar-refractivity contribution in [1.82, 2.24) is 4.90 Å². The summed E-state index contributed by atoms with van der Waals surface area (Å²) in [7, 11) is 1.35. The number of methoxy groups -OCH3 is 1. The Balaban J connectivity index is 1.89. The van der Waals surface area contributed by atoms with Gasteiger partial charge in [-0.3, -0.25) is 9.59 Å². The van der Waals surface area contributed by atoms with E-state index in [1.807, 2.05) is 0 Å². The van der Waals surface area contributed by atoms with Crippen molar-refractivity contribution in [2.75, 3.05) is 26.8 Å². The van der Waals surface area contributed by atoms with E-state index in [4.69, 9.17) is 16.3 Å². The molecule has 6 heteroatoms. The molecule has 1 aromatic rings. The fourth-order valence-electron chi connectivity index (χ4n) is 2.87. The average Bonchev–Trinajstić information content (AvgIpc) is 2.67. The number of benzene rings is 1. The van der Waals surface area contributed by atoms with Crippen LogP contribution in [0.3, 0.4) is 0 Å². The Morgan fingerprint density at radius 1 is 1.15 bits per heavy atom. The third-order valence-electron chi connectivity index (χ3n) is 4.43. The number of carbonyl (C=O) groups excluding carboxylic acids is 2. The van der Waals surface area contributed by atoms with Crippen LogP contribution < -0.4 is 4.74 Å². The molecule has 0 radical (unpaired) electrons. The summed E-state index contributed by atoms with van der Waals surface area (Å²) >= 11 is 5.84. The first-order valence-electron chi connectivity index (χ1n) is 8.99. The number of nitrogens with zero attached hydrogens (tertiary/aromatic N) is 1. The normalized spacial score (nSPS) is 13.7. The van der Waals surface area contributed by atoms with E-state index in [0.29, 0.717) is 23.9 Å². The lowest BCUT2D eigenvalue weighted by Crippen LogP contribution is -2.37. The summed E-state index contributed by atoms with van der Waals surface area (Å²) in [4.78, 5) is 25.7. The second-order valence-corrected chi connectivity index (χ2v) is 6.74. The van der Waals surface area contributed by atoms with E-state index in [0.717, 1.165) is 19.3 Å². The topological polar surface area (TPSA) is 55.8 Å².